The van der Waals surface area contributed by atoms with Gasteiger partial charge in [0, 0.05) is 16.1 Å². The molecular weight excluding hydrogens is 228 g/mol. The van der Waals surface area contributed by atoms with Crippen molar-refractivity contribution in [3.8, 4) is 6.07 Å². The zero-order valence-corrected chi connectivity index (χ0v) is 8.25. The van der Waals surface area contributed by atoms with Gasteiger partial charge in [-0.05, 0) is 22.0 Å². The molecule has 0 aliphatic heterocycles. The molecule has 0 amide bonds. The van der Waals surface area contributed by atoms with Crippen molar-refractivity contribution in [1.82, 2.24) is 4.98 Å². The highest BCUT2D eigenvalue weighted by molar-refractivity contribution is 9.10. The van der Waals surface area contributed by atoms with Crippen molar-refractivity contribution in [2.24, 2.45) is 0 Å². The van der Waals surface area contributed by atoms with E-state index in [1.54, 1.807) is 6.20 Å². The molecule has 2 nitrogen and oxygen atoms in total. The predicted octanol–water partition coefficient (Wildman–Crippen LogP) is 2.87. The van der Waals surface area contributed by atoms with Gasteiger partial charge in [-0.2, -0.15) is 5.26 Å². The van der Waals surface area contributed by atoms with Crippen molar-refractivity contribution in [2.75, 3.05) is 0 Å². The Balaban J connectivity index is 2.89. The molecule has 13 heavy (non-hydrogen) atoms. The minimum absolute atomic E-state index is 0.568. The third-order valence-corrected chi connectivity index (χ3v) is 2.68. The molecule has 0 aliphatic carbocycles. The standard InChI is InChI=1S/C10H5BrN2/c11-10-7(5-12)6-13-9-4-2-1-3-8(9)10/h1-4,6H. The topological polar surface area (TPSA) is 36.7 Å². The van der Waals surface area contributed by atoms with Gasteiger partial charge in [-0.15, -0.1) is 0 Å². The Labute approximate surface area is 84.0 Å². The molecule has 0 bridgehead atoms. The van der Waals surface area contributed by atoms with E-state index in [1.165, 1.54) is 0 Å². The maximum Gasteiger partial charge on any atom is 0.102 e. The van der Waals surface area contributed by atoms with Crippen LogP contribution in [0.3, 0.4) is 0 Å². The molecule has 0 unspecified atom stereocenters. The molecule has 0 atom stereocenters. The van der Waals surface area contributed by atoms with Crippen LogP contribution in [0.5, 0.6) is 0 Å². The molecule has 2 rings (SSSR count). The lowest BCUT2D eigenvalue weighted by Crippen LogP contribution is -1.84. The number of nitrogens with zero attached hydrogens (tertiary/aromatic N) is 2. The summed E-state index contributed by atoms with van der Waals surface area (Å²) >= 11 is 3.38. The van der Waals surface area contributed by atoms with Crippen molar-refractivity contribution in [1.29, 1.82) is 5.26 Å². The first kappa shape index (κ1) is 8.21. The molecule has 62 valence electrons. The zero-order chi connectivity index (χ0) is 9.26. The van der Waals surface area contributed by atoms with E-state index in [2.05, 4.69) is 27.0 Å². The van der Waals surface area contributed by atoms with Crippen LogP contribution in [-0.4, -0.2) is 4.98 Å². The normalized spacial score (nSPS) is 9.85. The Morgan fingerprint density at radius 2 is 2.08 bits per heavy atom. The Kier molecular flexibility index (Phi) is 1.99. The number of nitriles is 1. The molecule has 0 spiro atoms. The SMILES string of the molecule is N#Cc1cnc2ccccc2c1Br. The van der Waals surface area contributed by atoms with Gasteiger partial charge in [0.25, 0.3) is 0 Å². The van der Waals surface area contributed by atoms with Gasteiger partial charge in [0.15, 0.2) is 0 Å². The van der Waals surface area contributed by atoms with Gasteiger partial charge in [0.1, 0.15) is 6.07 Å². The molecule has 1 aromatic heterocycles. The van der Waals surface area contributed by atoms with Gasteiger partial charge >= 0.3 is 0 Å². The Hall–Kier alpha value is -1.40. The van der Waals surface area contributed by atoms with E-state index in [0.717, 1.165) is 15.4 Å². The molecule has 0 N–H and O–H groups in total. The summed E-state index contributed by atoms with van der Waals surface area (Å²) in [5.74, 6) is 0. The lowest BCUT2D eigenvalue weighted by atomic mass is 10.2. The van der Waals surface area contributed by atoms with E-state index < -0.39 is 0 Å². The number of benzene rings is 1. The Morgan fingerprint density at radius 1 is 1.31 bits per heavy atom. The van der Waals surface area contributed by atoms with Crippen LogP contribution in [0.2, 0.25) is 0 Å². The molecule has 2 aromatic rings. The molecule has 0 saturated carbocycles. The maximum absolute atomic E-state index is 8.76. The third-order valence-electron chi connectivity index (χ3n) is 1.83. The number of para-hydroxylation sites is 1. The number of hydrogen-bond acceptors (Lipinski definition) is 2. The smallest absolute Gasteiger partial charge is 0.102 e. The minimum atomic E-state index is 0.568. The summed E-state index contributed by atoms with van der Waals surface area (Å²) in [5, 5.41) is 9.73. The molecule has 0 fully saturated rings. The average Bonchev–Trinajstić information content (AvgIpc) is 2.19. The summed E-state index contributed by atoms with van der Waals surface area (Å²) in [5.41, 5.74) is 1.46. The van der Waals surface area contributed by atoms with Crippen LogP contribution < -0.4 is 0 Å². The van der Waals surface area contributed by atoms with Crippen molar-refractivity contribution in [3.63, 3.8) is 0 Å². The lowest BCUT2D eigenvalue weighted by molar-refractivity contribution is 1.36. The molecule has 0 radical (unpaired) electrons. The first-order valence-electron chi connectivity index (χ1n) is 3.76. The fourth-order valence-corrected chi connectivity index (χ4v) is 1.71. The van der Waals surface area contributed by atoms with Crippen LogP contribution in [-0.2, 0) is 0 Å². The van der Waals surface area contributed by atoms with Gasteiger partial charge in [-0.25, -0.2) is 0 Å². The van der Waals surface area contributed by atoms with Gasteiger partial charge in [0.2, 0.25) is 0 Å². The van der Waals surface area contributed by atoms with Crippen LogP contribution in [0.15, 0.2) is 34.9 Å². The number of aromatic nitrogens is 1. The molecule has 0 aliphatic rings. The average molecular weight is 233 g/mol. The Morgan fingerprint density at radius 3 is 2.85 bits per heavy atom. The van der Waals surface area contributed by atoms with Gasteiger partial charge in [0.05, 0.1) is 11.1 Å². The lowest BCUT2D eigenvalue weighted by Gasteiger charge is -1.99. The van der Waals surface area contributed by atoms with Crippen LogP contribution in [0.1, 0.15) is 5.56 Å². The van der Waals surface area contributed by atoms with Gasteiger partial charge in [-0.1, -0.05) is 18.2 Å². The molecule has 1 aromatic carbocycles. The van der Waals surface area contributed by atoms with E-state index in [4.69, 9.17) is 5.26 Å². The highest BCUT2D eigenvalue weighted by Crippen LogP contribution is 2.24. The van der Waals surface area contributed by atoms with Crippen molar-refractivity contribution in [2.45, 2.75) is 0 Å². The highest BCUT2D eigenvalue weighted by Gasteiger charge is 2.03. The number of pyridine rings is 1. The van der Waals surface area contributed by atoms with E-state index in [1.807, 2.05) is 24.3 Å². The van der Waals surface area contributed by atoms with E-state index in [9.17, 15) is 0 Å². The van der Waals surface area contributed by atoms with Crippen LogP contribution in [0, 0.1) is 11.3 Å². The second kappa shape index (κ2) is 3.15. The number of hydrogen-bond donors (Lipinski definition) is 0. The fraction of sp³-hybridized carbons (Fsp3) is 0. The van der Waals surface area contributed by atoms with E-state index >= 15 is 0 Å². The monoisotopic (exact) mass is 232 g/mol. The van der Waals surface area contributed by atoms with Crippen molar-refractivity contribution < 1.29 is 0 Å². The summed E-state index contributed by atoms with van der Waals surface area (Å²) in [4.78, 5) is 4.16. The second-order valence-corrected chi connectivity index (χ2v) is 3.41. The second-order valence-electron chi connectivity index (χ2n) is 2.61. The van der Waals surface area contributed by atoms with E-state index in [0.29, 0.717) is 5.56 Å². The van der Waals surface area contributed by atoms with Crippen LogP contribution >= 0.6 is 15.9 Å². The molecule has 3 heteroatoms. The summed E-state index contributed by atoms with van der Waals surface area (Å²) in [6.07, 6.45) is 1.58. The Bertz CT molecular complexity index is 500. The summed E-state index contributed by atoms with van der Waals surface area (Å²) in [6.45, 7) is 0. The summed E-state index contributed by atoms with van der Waals surface area (Å²) in [6, 6.07) is 9.78. The highest BCUT2D eigenvalue weighted by atomic mass is 79.9. The largest absolute Gasteiger partial charge is 0.255 e. The quantitative estimate of drug-likeness (QED) is 0.701. The molecule has 0 saturated heterocycles. The number of halogens is 1. The fourth-order valence-electron chi connectivity index (χ4n) is 1.19. The third kappa shape index (κ3) is 1.30. The summed E-state index contributed by atoms with van der Waals surface area (Å²) in [7, 11) is 0. The van der Waals surface area contributed by atoms with Crippen molar-refractivity contribution >= 4 is 26.8 Å². The van der Waals surface area contributed by atoms with Gasteiger partial charge in [-0.3, -0.25) is 4.98 Å². The molecular formula is C10H5BrN2. The first-order valence-corrected chi connectivity index (χ1v) is 4.55. The minimum Gasteiger partial charge on any atom is -0.255 e. The maximum atomic E-state index is 8.76. The summed E-state index contributed by atoms with van der Waals surface area (Å²) < 4.78 is 0.820. The molecule has 1 heterocycles. The van der Waals surface area contributed by atoms with Crippen LogP contribution in [0.25, 0.3) is 10.9 Å². The van der Waals surface area contributed by atoms with Crippen LogP contribution in [0.4, 0.5) is 0 Å². The first-order chi connectivity index (χ1) is 6.33. The number of fused-ring (bicyclic) bond motifs is 1. The predicted molar refractivity (Wildman–Crippen MR) is 54.2 cm³/mol. The van der Waals surface area contributed by atoms with Gasteiger partial charge < -0.3 is 0 Å². The van der Waals surface area contributed by atoms with Crippen molar-refractivity contribution in [3.05, 3.63) is 40.5 Å². The van der Waals surface area contributed by atoms with E-state index in [-0.39, 0.29) is 0 Å². The zero-order valence-electron chi connectivity index (χ0n) is 6.66. The number of rotatable bonds is 0.